The van der Waals surface area contributed by atoms with Crippen LogP contribution in [0, 0.1) is 0 Å². The lowest BCUT2D eigenvalue weighted by molar-refractivity contribution is 0.0956. The highest BCUT2D eigenvalue weighted by atomic mass is 35.5. The van der Waals surface area contributed by atoms with E-state index in [9.17, 15) is 13.2 Å². The third-order valence-electron chi connectivity index (χ3n) is 4.11. The Bertz CT molecular complexity index is 1180. The Hall–Kier alpha value is -3.36. The topological polar surface area (TPSA) is 96.9 Å². The highest BCUT2D eigenvalue weighted by molar-refractivity contribution is 7.92. The number of carbonyl (C=O) groups is 1. The standard InChI is InChI=1S/C22H20ClN3O4S/c1-2-30-18-11-7-16(8-12-18)15-24-25-22(27)20-5-3-4-6-21(20)26-31(28,29)19-13-9-17(23)10-14-19/h3-15,26H,2H2,1H3,(H,25,27)/b24-15-. The summed E-state index contributed by atoms with van der Waals surface area (Å²) in [5.41, 5.74) is 3.43. The molecule has 7 nitrogen and oxygen atoms in total. The first-order valence-corrected chi connectivity index (χ1v) is 11.2. The number of amides is 1. The number of halogens is 1. The van der Waals surface area contributed by atoms with Gasteiger partial charge in [0.05, 0.1) is 29.0 Å². The minimum atomic E-state index is -3.90. The van der Waals surface area contributed by atoms with Crippen LogP contribution < -0.4 is 14.9 Å². The zero-order valence-electron chi connectivity index (χ0n) is 16.6. The molecule has 3 aromatic carbocycles. The van der Waals surface area contributed by atoms with Gasteiger partial charge in [0, 0.05) is 5.02 Å². The molecule has 0 aliphatic rings. The van der Waals surface area contributed by atoms with E-state index >= 15 is 0 Å². The maximum absolute atomic E-state index is 12.6. The fourth-order valence-electron chi connectivity index (χ4n) is 2.63. The first-order valence-electron chi connectivity index (χ1n) is 9.33. The van der Waals surface area contributed by atoms with Crippen LogP contribution in [-0.2, 0) is 10.0 Å². The van der Waals surface area contributed by atoms with Crippen LogP contribution in [0.2, 0.25) is 5.02 Å². The van der Waals surface area contributed by atoms with Gasteiger partial charge in [-0.15, -0.1) is 0 Å². The minimum Gasteiger partial charge on any atom is -0.494 e. The molecule has 0 atom stereocenters. The number of carbonyl (C=O) groups excluding carboxylic acids is 1. The summed E-state index contributed by atoms with van der Waals surface area (Å²) in [4.78, 5) is 12.6. The van der Waals surface area contributed by atoms with E-state index in [0.717, 1.165) is 11.3 Å². The van der Waals surface area contributed by atoms with Gasteiger partial charge in [0.15, 0.2) is 0 Å². The fraction of sp³-hybridized carbons (Fsp3) is 0.0909. The van der Waals surface area contributed by atoms with Crippen LogP contribution in [0.5, 0.6) is 5.75 Å². The van der Waals surface area contributed by atoms with Gasteiger partial charge in [-0.25, -0.2) is 13.8 Å². The molecule has 9 heteroatoms. The average molecular weight is 458 g/mol. The van der Waals surface area contributed by atoms with Crippen LogP contribution in [0.15, 0.2) is 82.8 Å². The Morgan fingerprint density at radius 1 is 1.03 bits per heavy atom. The van der Waals surface area contributed by atoms with Gasteiger partial charge in [-0.2, -0.15) is 5.10 Å². The molecule has 1 amide bonds. The zero-order chi connectivity index (χ0) is 22.3. The summed E-state index contributed by atoms with van der Waals surface area (Å²) in [5, 5.41) is 4.36. The van der Waals surface area contributed by atoms with E-state index in [1.807, 2.05) is 6.92 Å². The van der Waals surface area contributed by atoms with Gasteiger partial charge in [0.1, 0.15) is 5.75 Å². The molecule has 0 saturated heterocycles. The Balaban J connectivity index is 1.71. The van der Waals surface area contributed by atoms with Crippen molar-refractivity contribution in [1.82, 2.24) is 5.43 Å². The predicted octanol–water partition coefficient (Wildman–Crippen LogP) is 4.30. The maximum Gasteiger partial charge on any atom is 0.273 e. The second-order valence-corrected chi connectivity index (χ2v) is 8.43. The highest BCUT2D eigenvalue weighted by Gasteiger charge is 2.18. The van der Waals surface area contributed by atoms with Gasteiger partial charge >= 0.3 is 0 Å². The molecule has 0 unspecified atom stereocenters. The van der Waals surface area contributed by atoms with E-state index in [1.54, 1.807) is 36.4 Å². The number of rotatable bonds is 8. The second-order valence-electron chi connectivity index (χ2n) is 6.31. The number of anilines is 1. The number of nitrogens with zero attached hydrogens (tertiary/aromatic N) is 1. The third kappa shape index (κ3) is 6.07. The molecule has 0 aliphatic heterocycles. The second kappa shape index (κ2) is 10.1. The van der Waals surface area contributed by atoms with Gasteiger partial charge in [0.25, 0.3) is 15.9 Å². The molecule has 0 aliphatic carbocycles. The number of hydrogen-bond donors (Lipinski definition) is 2. The van der Waals surface area contributed by atoms with E-state index in [-0.39, 0.29) is 16.1 Å². The normalized spacial score (nSPS) is 11.3. The lowest BCUT2D eigenvalue weighted by Gasteiger charge is -2.11. The van der Waals surface area contributed by atoms with Crippen LogP contribution in [0.1, 0.15) is 22.8 Å². The van der Waals surface area contributed by atoms with Crippen molar-refractivity contribution in [2.75, 3.05) is 11.3 Å². The Labute approximate surface area is 185 Å². The first-order chi connectivity index (χ1) is 14.9. The SMILES string of the molecule is CCOc1ccc(/C=N\NC(=O)c2ccccc2NS(=O)(=O)c2ccc(Cl)cc2)cc1. The molecule has 0 spiro atoms. The number of sulfonamides is 1. The molecule has 0 fully saturated rings. The average Bonchev–Trinajstić information content (AvgIpc) is 2.75. The van der Waals surface area contributed by atoms with E-state index in [2.05, 4.69) is 15.2 Å². The summed E-state index contributed by atoms with van der Waals surface area (Å²) in [6.45, 7) is 2.48. The Morgan fingerprint density at radius 2 is 1.71 bits per heavy atom. The monoisotopic (exact) mass is 457 g/mol. The van der Waals surface area contributed by atoms with Crippen molar-refractivity contribution in [1.29, 1.82) is 0 Å². The molecule has 0 bridgehead atoms. The first kappa shape index (κ1) is 22.3. The lowest BCUT2D eigenvalue weighted by atomic mass is 10.2. The molecule has 0 heterocycles. The van der Waals surface area contributed by atoms with E-state index < -0.39 is 15.9 Å². The van der Waals surface area contributed by atoms with Crippen molar-refractivity contribution >= 4 is 39.4 Å². The molecule has 0 aromatic heterocycles. The van der Waals surface area contributed by atoms with E-state index in [0.29, 0.717) is 11.6 Å². The third-order valence-corrected chi connectivity index (χ3v) is 5.74. The van der Waals surface area contributed by atoms with E-state index in [4.69, 9.17) is 16.3 Å². The molecule has 0 radical (unpaired) electrons. The van der Waals surface area contributed by atoms with Crippen molar-refractivity contribution in [2.24, 2.45) is 5.10 Å². The van der Waals surface area contributed by atoms with Crippen molar-refractivity contribution in [3.8, 4) is 5.75 Å². The number of ether oxygens (including phenoxy) is 1. The van der Waals surface area contributed by atoms with Crippen LogP contribution >= 0.6 is 11.6 Å². The molecule has 3 rings (SSSR count). The van der Waals surface area contributed by atoms with Crippen LogP contribution in [0.4, 0.5) is 5.69 Å². The number of nitrogens with one attached hydrogen (secondary N) is 2. The smallest absolute Gasteiger partial charge is 0.273 e. The summed E-state index contributed by atoms with van der Waals surface area (Å²) in [5.74, 6) is 0.183. The highest BCUT2D eigenvalue weighted by Crippen LogP contribution is 2.21. The molecule has 3 aromatic rings. The van der Waals surface area contributed by atoms with Crippen LogP contribution in [0.25, 0.3) is 0 Å². The predicted molar refractivity (Wildman–Crippen MR) is 121 cm³/mol. The van der Waals surface area contributed by atoms with Gasteiger partial charge < -0.3 is 4.74 Å². The van der Waals surface area contributed by atoms with Crippen molar-refractivity contribution in [3.05, 3.63) is 88.9 Å². The summed E-state index contributed by atoms with van der Waals surface area (Å²) < 4.78 is 33.1. The van der Waals surface area contributed by atoms with Crippen molar-refractivity contribution in [2.45, 2.75) is 11.8 Å². The summed E-state index contributed by atoms with van der Waals surface area (Å²) in [7, 11) is -3.90. The Morgan fingerprint density at radius 3 is 2.39 bits per heavy atom. The quantitative estimate of drug-likeness (QED) is 0.389. The molecule has 160 valence electrons. The number of hydrazone groups is 1. The number of para-hydroxylation sites is 1. The number of benzene rings is 3. The Kier molecular flexibility index (Phi) is 7.28. The van der Waals surface area contributed by atoms with Gasteiger partial charge in [0.2, 0.25) is 0 Å². The molecular formula is C22H20ClN3O4S. The molecular weight excluding hydrogens is 438 g/mol. The van der Waals surface area contributed by atoms with Crippen molar-refractivity contribution < 1.29 is 17.9 Å². The summed E-state index contributed by atoms with van der Waals surface area (Å²) >= 11 is 5.82. The molecule has 2 N–H and O–H groups in total. The van der Waals surface area contributed by atoms with Gasteiger partial charge in [-0.3, -0.25) is 9.52 Å². The van der Waals surface area contributed by atoms with Gasteiger partial charge in [-0.1, -0.05) is 23.7 Å². The summed E-state index contributed by atoms with van der Waals surface area (Å²) in [6, 6.07) is 19.2. The number of hydrogen-bond acceptors (Lipinski definition) is 5. The van der Waals surface area contributed by atoms with Gasteiger partial charge in [-0.05, 0) is 73.2 Å². The minimum absolute atomic E-state index is 0.0284. The molecule has 0 saturated carbocycles. The maximum atomic E-state index is 12.6. The van der Waals surface area contributed by atoms with Crippen LogP contribution in [-0.4, -0.2) is 27.1 Å². The summed E-state index contributed by atoms with van der Waals surface area (Å²) in [6.07, 6.45) is 1.48. The van der Waals surface area contributed by atoms with E-state index in [1.165, 1.54) is 42.6 Å². The largest absolute Gasteiger partial charge is 0.494 e. The van der Waals surface area contributed by atoms with Crippen LogP contribution in [0.3, 0.4) is 0 Å². The lowest BCUT2D eigenvalue weighted by Crippen LogP contribution is -2.21. The zero-order valence-corrected chi connectivity index (χ0v) is 18.2. The van der Waals surface area contributed by atoms with Crippen molar-refractivity contribution in [3.63, 3.8) is 0 Å². The fourth-order valence-corrected chi connectivity index (χ4v) is 3.84. The molecule has 31 heavy (non-hydrogen) atoms.